The monoisotopic (exact) mass is 391 g/mol. The van der Waals surface area contributed by atoms with Gasteiger partial charge in [-0.25, -0.2) is 0 Å². The van der Waals surface area contributed by atoms with Crippen LogP contribution in [0.5, 0.6) is 0 Å². The van der Waals surface area contributed by atoms with E-state index >= 15 is 0 Å². The molecule has 1 atom stereocenters. The van der Waals surface area contributed by atoms with Crippen LogP contribution < -0.4 is 0 Å². The first-order valence-electron chi connectivity index (χ1n) is 10.9. The Labute approximate surface area is 171 Å². The highest BCUT2D eigenvalue weighted by molar-refractivity contribution is 5.84. The van der Waals surface area contributed by atoms with Crippen molar-refractivity contribution in [3.05, 3.63) is 48.2 Å². The summed E-state index contributed by atoms with van der Waals surface area (Å²) >= 11 is 0. The molecule has 152 valence electrons. The number of H-pyrrole nitrogens is 1. The Morgan fingerprint density at radius 2 is 2.17 bits per heavy atom. The lowest BCUT2D eigenvalue weighted by molar-refractivity contribution is -0.130. The van der Waals surface area contributed by atoms with E-state index in [1.807, 2.05) is 18.6 Å². The lowest BCUT2D eigenvalue weighted by Gasteiger charge is -2.42. The number of hydrogen-bond donors (Lipinski definition) is 1. The summed E-state index contributed by atoms with van der Waals surface area (Å²) in [4.78, 5) is 18.5. The molecule has 0 radical (unpaired) electrons. The zero-order valence-electron chi connectivity index (χ0n) is 17.1. The molecular formula is C23H29N5O. The smallest absolute Gasteiger partial charge is 0.222 e. The Kier molecular flexibility index (Phi) is 4.64. The van der Waals surface area contributed by atoms with Gasteiger partial charge in [0.15, 0.2) is 0 Å². The van der Waals surface area contributed by atoms with E-state index in [0.29, 0.717) is 12.3 Å². The van der Waals surface area contributed by atoms with Crippen LogP contribution in [0.15, 0.2) is 36.8 Å². The van der Waals surface area contributed by atoms with Gasteiger partial charge in [-0.05, 0) is 42.7 Å². The number of carbonyl (C=O) groups excluding carboxylic acids is 1. The fourth-order valence-corrected chi connectivity index (χ4v) is 5.34. The van der Waals surface area contributed by atoms with Crippen LogP contribution >= 0.6 is 0 Å². The Morgan fingerprint density at radius 3 is 2.97 bits per heavy atom. The SMILES string of the molecule is CCCn1cnnc1C1CN(C(=O)CCc2c[nH]c3ccccc23)CC12CCC2. The van der Waals surface area contributed by atoms with E-state index < -0.39 is 0 Å². The third kappa shape index (κ3) is 3.15. The molecule has 1 saturated heterocycles. The number of rotatable bonds is 6. The number of aromatic nitrogens is 4. The standard InChI is InChI=1S/C23H29N5O/c1-2-12-27-16-25-26-22(27)19-14-28(15-23(19)10-5-11-23)21(29)9-8-17-13-24-20-7-4-3-6-18(17)20/h3-4,6-7,13,16,19,24H,2,5,8-12,14-15H2,1H3. The van der Waals surface area contributed by atoms with Gasteiger partial charge in [0.2, 0.25) is 5.91 Å². The summed E-state index contributed by atoms with van der Waals surface area (Å²) in [5.41, 5.74) is 2.58. The number of aromatic amines is 1. The number of carbonyl (C=O) groups is 1. The molecule has 1 amide bonds. The van der Waals surface area contributed by atoms with Crippen molar-refractivity contribution >= 4 is 16.8 Å². The fraction of sp³-hybridized carbons (Fsp3) is 0.522. The number of nitrogens with one attached hydrogen (secondary N) is 1. The second-order valence-electron chi connectivity index (χ2n) is 8.78. The molecule has 2 aromatic heterocycles. The van der Waals surface area contributed by atoms with E-state index in [4.69, 9.17) is 0 Å². The van der Waals surface area contributed by atoms with Gasteiger partial charge >= 0.3 is 0 Å². The number of likely N-dealkylation sites (tertiary alicyclic amines) is 1. The molecule has 5 rings (SSSR count). The molecule has 29 heavy (non-hydrogen) atoms. The summed E-state index contributed by atoms with van der Waals surface area (Å²) in [6, 6.07) is 8.30. The molecule has 2 fully saturated rings. The molecule has 3 heterocycles. The molecule has 1 N–H and O–H groups in total. The molecule has 6 nitrogen and oxygen atoms in total. The summed E-state index contributed by atoms with van der Waals surface area (Å²) in [6.07, 6.45) is 9.97. The highest BCUT2D eigenvalue weighted by atomic mass is 16.2. The topological polar surface area (TPSA) is 66.8 Å². The first kappa shape index (κ1) is 18.4. The number of hydrogen-bond acceptors (Lipinski definition) is 3. The lowest BCUT2D eigenvalue weighted by atomic mass is 9.62. The van der Waals surface area contributed by atoms with Gasteiger partial charge < -0.3 is 14.5 Å². The van der Waals surface area contributed by atoms with Crippen LogP contribution in [0, 0.1) is 5.41 Å². The molecule has 1 spiro atoms. The third-order valence-electron chi connectivity index (χ3n) is 7.05. The van der Waals surface area contributed by atoms with Crippen LogP contribution in [0.3, 0.4) is 0 Å². The summed E-state index contributed by atoms with van der Waals surface area (Å²) in [7, 11) is 0. The van der Waals surface area contributed by atoms with Crippen LogP contribution in [-0.2, 0) is 17.8 Å². The Bertz CT molecular complexity index is 1020. The molecule has 6 heteroatoms. The molecule has 2 aliphatic rings. The average molecular weight is 392 g/mol. The minimum Gasteiger partial charge on any atom is -0.361 e. The van der Waals surface area contributed by atoms with Crippen molar-refractivity contribution in [3.63, 3.8) is 0 Å². The van der Waals surface area contributed by atoms with Gasteiger partial charge in [-0.3, -0.25) is 4.79 Å². The van der Waals surface area contributed by atoms with Gasteiger partial charge in [0.25, 0.3) is 0 Å². The van der Waals surface area contributed by atoms with E-state index in [2.05, 4.69) is 49.8 Å². The van der Waals surface area contributed by atoms with Crippen molar-refractivity contribution in [1.29, 1.82) is 0 Å². The van der Waals surface area contributed by atoms with E-state index in [0.717, 1.165) is 43.8 Å². The Hall–Kier alpha value is -2.63. The molecule has 1 saturated carbocycles. The largest absolute Gasteiger partial charge is 0.361 e. The van der Waals surface area contributed by atoms with E-state index in [1.54, 1.807) is 0 Å². The molecular weight excluding hydrogens is 362 g/mol. The number of amides is 1. The first-order valence-corrected chi connectivity index (χ1v) is 10.9. The van der Waals surface area contributed by atoms with Crippen molar-refractivity contribution in [3.8, 4) is 0 Å². The molecule has 1 aliphatic heterocycles. The lowest BCUT2D eigenvalue weighted by Crippen LogP contribution is -2.38. The maximum Gasteiger partial charge on any atom is 0.222 e. The minimum absolute atomic E-state index is 0.217. The van der Waals surface area contributed by atoms with Gasteiger partial charge in [-0.1, -0.05) is 31.5 Å². The molecule has 1 aliphatic carbocycles. The first-order chi connectivity index (χ1) is 14.2. The second kappa shape index (κ2) is 7.32. The van der Waals surface area contributed by atoms with Gasteiger partial charge in [0.1, 0.15) is 12.2 Å². The molecule has 1 aromatic carbocycles. The summed E-state index contributed by atoms with van der Waals surface area (Å²) < 4.78 is 2.20. The predicted octanol–water partition coefficient (Wildman–Crippen LogP) is 3.90. The zero-order chi connectivity index (χ0) is 19.8. The van der Waals surface area contributed by atoms with Crippen molar-refractivity contribution in [1.82, 2.24) is 24.6 Å². The highest BCUT2D eigenvalue weighted by Gasteiger charge is 2.53. The predicted molar refractivity (Wildman–Crippen MR) is 113 cm³/mol. The Balaban J connectivity index is 1.30. The van der Waals surface area contributed by atoms with Gasteiger partial charge in [-0.2, -0.15) is 0 Å². The number of benzene rings is 1. The fourth-order valence-electron chi connectivity index (χ4n) is 5.34. The number of aryl methyl sites for hydroxylation is 2. The number of nitrogens with zero attached hydrogens (tertiary/aromatic N) is 4. The van der Waals surface area contributed by atoms with Crippen molar-refractivity contribution in [2.24, 2.45) is 5.41 Å². The molecule has 3 aromatic rings. The highest BCUT2D eigenvalue weighted by Crippen LogP contribution is 2.55. The maximum atomic E-state index is 13.1. The van der Waals surface area contributed by atoms with E-state index in [9.17, 15) is 4.79 Å². The van der Waals surface area contributed by atoms with E-state index in [1.165, 1.54) is 30.2 Å². The number of fused-ring (bicyclic) bond motifs is 1. The van der Waals surface area contributed by atoms with Crippen LogP contribution in [0.1, 0.15) is 56.3 Å². The zero-order valence-corrected chi connectivity index (χ0v) is 17.1. The second-order valence-corrected chi connectivity index (χ2v) is 8.78. The van der Waals surface area contributed by atoms with Crippen molar-refractivity contribution in [2.45, 2.75) is 57.9 Å². The summed E-state index contributed by atoms with van der Waals surface area (Å²) in [6.45, 7) is 4.79. The average Bonchev–Trinajstić information content (AvgIpc) is 3.42. The van der Waals surface area contributed by atoms with Crippen LogP contribution in [0.25, 0.3) is 10.9 Å². The maximum absolute atomic E-state index is 13.1. The van der Waals surface area contributed by atoms with Gasteiger partial charge in [0.05, 0.1) is 0 Å². The van der Waals surface area contributed by atoms with Crippen LogP contribution in [0.2, 0.25) is 0 Å². The normalized spacial score (nSPS) is 20.4. The third-order valence-corrected chi connectivity index (χ3v) is 7.05. The van der Waals surface area contributed by atoms with Crippen LogP contribution in [-0.4, -0.2) is 43.6 Å². The van der Waals surface area contributed by atoms with Crippen molar-refractivity contribution in [2.75, 3.05) is 13.1 Å². The quantitative estimate of drug-likeness (QED) is 0.693. The molecule has 1 unspecified atom stereocenters. The Morgan fingerprint density at radius 1 is 1.31 bits per heavy atom. The van der Waals surface area contributed by atoms with Crippen molar-refractivity contribution < 1.29 is 4.79 Å². The van der Waals surface area contributed by atoms with Crippen LogP contribution in [0.4, 0.5) is 0 Å². The van der Waals surface area contributed by atoms with E-state index in [-0.39, 0.29) is 11.3 Å². The summed E-state index contributed by atoms with van der Waals surface area (Å²) in [5, 5.41) is 9.89. The molecule has 0 bridgehead atoms. The minimum atomic E-state index is 0.217. The van der Waals surface area contributed by atoms with Gasteiger partial charge in [-0.15, -0.1) is 10.2 Å². The van der Waals surface area contributed by atoms with Gasteiger partial charge in [0, 0.05) is 49.1 Å². The number of para-hydroxylation sites is 1. The summed E-state index contributed by atoms with van der Waals surface area (Å²) in [5.74, 6) is 1.67.